The van der Waals surface area contributed by atoms with Crippen LogP contribution >= 0.6 is 11.3 Å². The van der Waals surface area contributed by atoms with Crippen molar-refractivity contribution >= 4 is 34.9 Å². The Morgan fingerprint density at radius 3 is 2.55 bits per heavy atom. The van der Waals surface area contributed by atoms with Crippen LogP contribution in [-0.2, 0) is 11.3 Å². The van der Waals surface area contributed by atoms with Crippen molar-refractivity contribution in [3.63, 3.8) is 0 Å². The molecule has 3 N–H and O–H groups in total. The van der Waals surface area contributed by atoms with Crippen LogP contribution in [0, 0.1) is 12.7 Å². The first-order valence-corrected chi connectivity index (χ1v) is 10.0. The number of ether oxygens (including phenoxy) is 1. The number of aryl methyl sites for hydroxylation is 1. The van der Waals surface area contributed by atoms with Gasteiger partial charge in [0.25, 0.3) is 0 Å². The van der Waals surface area contributed by atoms with Crippen LogP contribution in [0.25, 0.3) is 10.6 Å². The molecule has 0 aliphatic carbocycles. The second-order valence-electron chi connectivity index (χ2n) is 6.44. The van der Waals surface area contributed by atoms with Gasteiger partial charge in [-0.25, -0.2) is 14.2 Å². The fourth-order valence-electron chi connectivity index (χ4n) is 2.71. The van der Waals surface area contributed by atoms with E-state index in [-0.39, 0.29) is 30.1 Å². The maximum atomic E-state index is 13.1. The van der Waals surface area contributed by atoms with Crippen LogP contribution in [0.15, 0.2) is 54.6 Å². The summed E-state index contributed by atoms with van der Waals surface area (Å²) in [6.45, 7) is 1.56. The van der Waals surface area contributed by atoms with Crippen LogP contribution < -0.4 is 11.1 Å². The van der Waals surface area contributed by atoms with Crippen molar-refractivity contribution in [2.24, 2.45) is 0 Å². The summed E-state index contributed by atoms with van der Waals surface area (Å²) < 4.78 is 18.4. The molecule has 2 heterocycles. The minimum absolute atomic E-state index is 0.0361. The number of hydrogen-bond acceptors (Lipinski definition) is 9. The third-order valence-electron chi connectivity index (χ3n) is 4.13. The van der Waals surface area contributed by atoms with Gasteiger partial charge in [0, 0.05) is 11.3 Å². The van der Waals surface area contributed by atoms with Gasteiger partial charge in [0.15, 0.2) is 12.4 Å². The molecule has 0 radical (unpaired) electrons. The van der Waals surface area contributed by atoms with Crippen molar-refractivity contribution in [3.8, 4) is 10.6 Å². The summed E-state index contributed by atoms with van der Waals surface area (Å²) in [5.41, 5.74) is 7.82. The first-order chi connectivity index (χ1) is 15.0. The topological polar surface area (TPSA) is 116 Å². The predicted octanol–water partition coefficient (Wildman–Crippen LogP) is 4.13. The van der Waals surface area contributed by atoms with E-state index in [0.29, 0.717) is 16.3 Å². The summed E-state index contributed by atoms with van der Waals surface area (Å²) in [6.07, 6.45) is 0. The van der Waals surface area contributed by atoms with Crippen molar-refractivity contribution in [1.29, 1.82) is 0 Å². The van der Waals surface area contributed by atoms with Gasteiger partial charge in [0.2, 0.25) is 11.9 Å². The number of nitrogens with zero attached hydrogens (tertiary/aromatic N) is 4. The largest absolute Gasteiger partial charge is 0.453 e. The number of nitrogen functional groups attached to an aromatic ring is 1. The molecule has 8 nitrogen and oxygen atoms in total. The zero-order valence-corrected chi connectivity index (χ0v) is 17.2. The SMILES string of the molecule is Cc1nc(-c2ccccc2)sc1C(=O)OCc1nc(N)nc(Nc2ccc(F)cc2)n1. The van der Waals surface area contributed by atoms with Crippen LogP contribution in [0.5, 0.6) is 0 Å². The lowest BCUT2D eigenvalue weighted by molar-refractivity contribution is 0.0467. The molecule has 0 atom stereocenters. The molecule has 0 amide bonds. The molecule has 2 aromatic carbocycles. The van der Waals surface area contributed by atoms with Gasteiger partial charge in [-0.15, -0.1) is 11.3 Å². The monoisotopic (exact) mass is 436 g/mol. The molecule has 0 saturated heterocycles. The molecule has 0 bridgehead atoms. The van der Waals surface area contributed by atoms with Gasteiger partial charge in [-0.05, 0) is 31.2 Å². The van der Waals surface area contributed by atoms with E-state index in [4.69, 9.17) is 10.5 Å². The van der Waals surface area contributed by atoms with Gasteiger partial charge in [0.05, 0.1) is 5.69 Å². The number of thiazole rings is 1. The fraction of sp³-hybridized carbons (Fsp3) is 0.0952. The number of halogens is 1. The Bertz CT molecular complexity index is 1210. The number of carbonyl (C=O) groups is 1. The first-order valence-electron chi connectivity index (χ1n) is 9.21. The molecule has 156 valence electrons. The highest BCUT2D eigenvalue weighted by Gasteiger charge is 2.18. The maximum absolute atomic E-state index is 13.1. The van der Waals surface area contributed by atoms with Gasteiger partial charge in [-0.3, -0.25) is 0 Å². The molecule has 0 spiro atoms. The predicted molar refractivity (Wildman–Crippen MR) is 115 cm³/mol. The van der Waals surface area contributed by atoms with Crippen molar-refractivity contribution in [2.45, 2.75) is 13.5 Å². The standard InChI is InChI=1S/C21H17FN6O2S/c1-12-17(31-18(24-12)13-5-3-2-4-6-13)19(29)30-11-16-26-20(23)28-21(27-16)25-15-9-7-14(22)8-10-15/h2-10H,11H2,1H3,(H3,23,25,26,27,28). The van der Waals surface area contributed by atoms with Crippen molar-refractivity contribution < 1.29 is 13.9 Å². The highest BCUT2D eigenvalue weighted by Crippen LogP contribution is 2.28. The molecule has 0 aliphatic heterocycles. The maximum Gasteiger partial charge on any atom is 0.350 e. The van der Waals surface area contributed by atoms with E-state index in [1.165, 1.54) is 35.6 Å². The number of rotatable bonds is 6. The van der Waals surface area contributed by atoms with E-state index >= 15 is 0 Å². The van der Waals surface area contributed by atoms with Gasteiger partial charge in [-0.2, -0.15) is 15.0 Å². The third kappa shape index (κ3) is 4.98. The molecule has 10 heteroatoms. The lowest BCUT2D eigenvalue weighted by Gasteiger charge is -2.08. The van der Waals surface area contributed by atoms with E-state index in [1.807, 2.05) is 30.3 Å². The van der Waals surface area contributed by atoms with Crippen molar-refractivity contribution in [2.75, 3.05) is 11.1 Å². The van der Waals surface area contributed by atoms with Gasteiger partial charge in [-0.1, -0.05) is 30.3 Å². The number of nitrogens with two attached hydrogens (primary N) is 1. The fourth-order valence-corrected chi connectivity index (χ4v) is 3.67. The number of carbonyl (C=O) groups excluding carboxylic acids is 1. The molecular weight excluding hydrogens is 419 g/mol. The van der Waals surface area contributed by atoms with Gasteiger partial charge in [0.1, 0.15) is 15.7 Å². The average Bonchev–Trinajstić information content (AvgIpc) is 3.16. The molecule has 0 aliphatic rings. The van der Waals surface area contributed by atoms with Crippen LogP contribution in [0.2, 0.25) is 0 Å². The minimum Gasteiger partial charge on any atom is -0.453 e. The first kappa shape index (κ1) is 20.4. The Kier molecular flexibility index (Phi) is 5.80. The Hall–Kier alpha value is -3.92. The highest BCUT2D eigenvalue weighted by atomic mass is 32.1. The number of benzene rings is 2. The molecule has 4 rings (SSSR count). The molecule has 4 aromatic rings. The van der Waals surface area contributed by atoms with E-state index in [1.54, 1.807) is 6.92 Å². The Morgan fingerprint density at radius 2 is 1.81 bits per heavy atom. The van der Waals surface area contributed by atoms with E-state index in [0.717, 1.165) is 10.6 Å². The molecular formula is C21H17FN6O2S. The average molecular weight is 436 g/mol. The minimum atomic E-state index is -0.524. The number of aromatic nitrogens is 4. The van der Waals surface area contributed by atoms with E-state index < -0.39 is 5.97 Å². The highest BCUT2D eigenvalue weighted by molar-refractivity contribution is 7.17. The van der Waals surface area contributed by atoms with Gasteiger partial charge >= 0.3 is 5.97 Å². The Morgan fingerprint density at radius 1 is 1.06 bits per heavy atom. The second kappa shape index (κ2) is 8.84. The lowest BCUT2D eigenvalue weighted by atomic mass is 10.2. The van der Waals surface area contributed by atoms with Crippen LogP contribution in [0.4, 0.5) is 22.0 Å². The molecule has 2 aromatic heterocycles. The van der Waals surface area contributed by atoms with E-state index in [2.05, 4.69) is 25.3 Å². The third-order valence-corrected chi connectivity index (χ3v) is 5.32. The zero-order chi connectivity index (χ0) is 21.8. The summed E-state index contributed by atoms with van der Waals surface area (Å²) in [7, 11) is 0. The van der Waals surface area contributed by atoms with Crippen molar-refractivity contribution in [3.05, 3.63) is 76.8 Å². The van der Waals surface area contributed by atoms with E-state index in [9.17, 15) is 9.18 Å². The van der Waals surface area contributed by atoms with Crippen LogP contribution in [0.1, 0.15) is 21.2 Å². The zero-order valence-electron chi connectivity index (χ0n) is 16.4. The number of nitrogens with one attached hydrogen (secondary N) is 1. The second-order valence-corrected chi connectivity index (χ2v) is 7.44. The molecule has 31 heavy (non-hydrogen) atoms. The normalized spacial score (nSPS) is 10.6. The quantitative estimate of drug-likeness (QED) is 0.434. The number of anilines is 3. The number of hydrogen-bond donors (Lipinski definition) is 2. The summed E-state index contributed by atoms with van der Waals surface area (Å²) in [6, 6.07) is 15.3. The lowest BCUT2D eigenvalue weighted by Crippen LogP contribution is -2.11. The summed E-state index contributed by atoms with van der Waals surface area (Å²) in [5.74, 6) is -0.585. The van der Waals surface area contributed by atoms with Crippen molar-refractivity contribution in [1.82, 2.24) is 19.9 Å². The molecule has 0 fully saturated rings. The van der Waals surface area contributed by atoms with Gasteiger partial charge < -0.3 is 15.8 Å². The smallest absolute Gasteiger partial charge is 0.350 e. The Balaban J connectivity index is 1.45. The summed E-state index contributed by atoms with van der Waals surface area (Å²) >= 11 is 1.26. The molecule has 0 saturated carbocycles. The number of esters is 1. The Labute approximate surface area is 181 Å². The summed E-state index contributed by atoms with van der Waals surface area (Å²) in [5, 5.41) is 3.64. The van der Waals surface area contributed by atoms with Crippen LogP contribution in [0.3, 0.4) is 0 Å². The van der Waals surface area contributed by atoms with Crippen LogP contribution in [-0.4, -0.2) is 25.9 Å². The molecule has 0 unspecified atom stereocenters. The summed E-state index contributed by atoms with van der Waals surface area (Å²) in [4.78, 5) is 29.6.